The normalized spacial score (nSPS) is 11.7. The van der Waals surface area contributed by atoms with Gasteiger partial charge in [0.05, 0.1) is 6.16 Å². The van der Waals surface area contributed by atoms with Gasteiger partial charge in [0.25, 0.3) is 0 Å². The van der Waals surface area contributed by atoms with E-state index in [9.17, 15) is 52.7 Å². The van der Waals surface area contributed by atoms with Crippen molar-refractivity contribution >= 4 is 37.2 Å². The molecule has 0 aromatic heterocycles. The largest absolute Gasteiger partial charge is 0.207 e. The molecule has 0 saturated heterocycles. The molecule has 0 aliphatic carbocycles. The van der Waals surface area contributed by atoms with Crippen LogP contribution < -0.4 is 21.9 Å². The summed E-state index contributed by atoms with van der Waals surface area (Å²) in [5.74, 6) is -71.4. The number of unbranched alkanes of at least 4 members (excludes halogenated alkanes) is 10. The Bertz CT molecular complexity index is 1780. The van der Waals surface area contributed by atoms with Gasteiger partial charge in [-0.05, 0) is 22.1 Å². The summed E-state index contributed by atoms with van der Waals surface area (Å²) in [6.07, 6.45) is 10.3. The van der Waals surface area contributed by atoms with Gasteiger partial charge in [-0.15, -0.1) is 21.9 Å². The van der Waals surface area contributed by atoms with Gasteiger partial charge >= 0.3 is 0 Å². The van der Waals surface area contributed by atoms with Gasteiger partial charge in [-0.2, -0.15) is 0 Å². The molecule has 1 atom stereocenters. The first kappa shape index (κ1) is 49.3. The molecular weight excluding hydrogens is 866 g/mol. The van der Waals surface area contributed by atoms with E-state index in [-0.39, 0.29) is 0 Å². The average Bonchev–Trinajstić information content (AvgIpc) is 3.21. The maximum absolute atomic E-state index is 15.4. The lowest BCUT2D eigenvalue weighted by atomic mass is 9.12. The van der Waals surface area contributed by atoms with E-state index >= 15 is 35.1 Å². The fourth-order valence-corrected chi connectivity index (χ4v) is 7.07. The Morgan fingerprint density at radius 3 is 0.576 bits per heavy atom. The first-order valence-electron chi connectivity index (χ1n) is 17.6. The Kier molecular flexibility index (Phi) is 17.1. The molecule has 0 radical (unpaired) electrons. The minimum absolute atomic E-state index is 1.37. The minimum Gasteiger partial charge on any atom is -0.207 e. The van der Waals surface area contributed by atoms with Gasteiger partial charge in [-0.1, -0.05) is 64.7 Å². The number of hydrogen-bond donors (Lipinski definition) is 0. The number of hydrogen-bond acceptors (Lipinski definition) is 0. The van der Waals surface area contributed by atoms with Crippen molar-refractivity contribution in [3.63, 3.8) is 0 Å². The molecule has 1 unspecified atom stereocenters. The predicted octanol–water partition coefficient (Wildman–Crippen LogP) is 10.8. The van der Waals surface area contributed by atoms with Crippen LogP contribution in [0.15, 0.2) is 0 Å². The number of halogens is 20. The van der Waals surface area contributed by atoms with Crippen molar-refractivity contribution in [3.05, 3.63) is 116 Å². The van der Waals surface area contributed by atoms with E-state index in [2.05, 4.69) is 16.2 Å². The third-order valence-electron chi connectivity index (χ3n) is 9.56. The summed E-state index contributed by atoms with van der Waals surface area (Å²) >= 11 is 0. The van der Waals surface area contributed by atoms with Crippen LogP contribution in [0, 0.1) is 116 Å². The monoisotopic (exact) mass is 896 g/mol. The molecule has 4 aromatic carbocycles. The topological polar surface area (TPSA) is 0 Å². The fraction of sp³-hybridized carbons (Fsp3) is 0.351. The van der Waals surface area contributed by atoms with Gasteiger partial charge in [-0.3, -0.25) is 0 Å². The molecule has 0 N–H and O–H groups in total. The predicted molar refractivity (Wildman–Crippen MR) is 182 cm³/mol. The van der Waals surface area contributed by atoms with Crippen LogP contribution in [-0.2, 0) is 0 Å². The SMILES string of the molecule is CCCCCCCCCCCCC[PH3+].Fc1c(F)c(F)c([B-](c2c(F)c(F)c(F)c(F)c2F)(c2c(F)c(F)c(F)c(F)c2F)c2c(F)c(F)c(F)c(F)c2F)c(F)c1F. The molecule has 4 rings (SSSR count). The summed E-state index contributed by atoms with van der Waals surface area (Å²) in [4.78, 5) is 0. The van der Waals surface area contributed by atoms with E-state index in [0.29, 0.717) is 0 Å². The zero-order chi connectivity index (χ0) is 44.8. The molecule has 0 aliphatic rings. The van der Waals surface area contributed by atoms with Crippen LogP contribution in [-0.4, -0.2) is 12.3 Å². The second kappa shape index (κ2) is 20.5. The lowest BCUT2D eigenvalue weighted by molar-refractivity contribution is 0.378. The maximum Gasteiger partial charge on any atom is 0.200 e. The van der Waals surface area contributed by atoms with Gasteiger partial charge in [0, 0.05) is 0 Å². The molecule has 326 valence electrons. The van der Waals surface area contributed by atoms with Crippen molar-refractivity contribution in [1.29, 1.82) is 0 Å². The molecule has 0 heterocycles. The second-order valence-electron chi connectivity index (χ2n) is 13.2. The average molecular weight is 896 g/mol. The number of rotatable bonds is 15. The van der Waals surface area contributed by atoms with Crippen LogP contribution in [0.2, 0.25) is 0 Å². The molecule has 0 amide bonds. The van der Waals surface area contributed by atoms with E-state index < -0.39 is 144 Å². The highest BCUT2D eigenvalue weighted by Gasteiger charge is 2.52. The zero-order valence-electron chi connectivity index (χ0n) is 30.3. The molecule has 0 nitrogen and oxygen atoms in total. The summed E-state index contributed by atoms with van der Waals surface area (Å²) in [5, 5.41) is 0. The highest BCUT2D eigenvalue weighted by molar-refractivity contribution is 7.20. The van der Waals surface area contributed by atoms with Gasteiger partial charge in [0.15, 0.2) is 69.8 Å². The van der Waals surface area contributed by atoms with Crippen molar-refractivity contribution in [3.8, 4) is 0 Å². The quantitative estimate of drug-likeness (QED) is 0.0279. The smallest absolute Gasteiger partial charge is 0.200 e. The van der Waals surface area contributed by atoms with E-state index in [0.717, 1.165) is 0 Å². The van der Waals surface area contributed by atoms with Crippen LogP contribution in [0.5, 0.6) is 0 Å². The second-order valence-corrected chi connectivity index (χ2v) is 13.9. The molecular formula is C37H30BF20P. The van der Waals surface area contributed by atoms with Crippen molar-refractivity contribution in [1.82, 2.24) is 0 Å². The number of benzene rings is 4. The zero-order valence-corrected chi connectivity index (χ0v) is 31.7. The molecule has 59 heavy (non-hydrogen) atoms. The Hall–Kier alpha value is -4.03. The van der Waals surface area contributed by atoms with Crippen LogP contribution in [0.4, 0.5) is 87.8 Å². The third kappa shape index (κ3) is 9.04. The summed E-state index contributed by atoms with van der Waals surface area (Å²) in [6.45, 7) is 2.29. The molecule has 4 aromatic rings. The maximum atomic E-state index is 15.4. The highest BCUT2D eigenvalue weighted by Crippen LogP contribution is 2.30. The van der Waals surface area contributed by atoms with Crippen molar-refractivity contribution in [2.75, 3.05) is 6.16 Å². The van der Waals surface area contributed by atoms with Crippen LogP contribution >= 0.6 is 9.24 Å². The first-order valence-corrected chi connectivity index (χ1v) is 18.6. The molecule has 22 heteroatoms. The molecule has 0 aliphatic heterocycles. The van der Waals surface area contributed by atoms with Gasteiger partial charge in [0.2, 0.25) is 0 Å². The van der Waals surface area contributed by atoms with E-state index in [4.69, 9.17) is 0 Å². The van der Waals surface area contributed by atoms with E-state index in [1.165, 1.54) is 76.8 Å². The first-order chi connectivity index (χ1) is 27.6. The molecule has 0 fully saturated rings. The van der Waals surface area contributed by atoms with Crippen molar-refractivity contribution < 1.29 is 87.8 Å². The molecule has 0 bridgehead atoms. The fourth-order valence-electron chi connectivity index (χ4n) is 6.72. The minimum atomic E-state index is -7.22. The Morgan fingerprint density at radius 2 is 0.407 bits per heavy atom. The molecule has 0 saturated carbocycles. The van der Waals surface area contributed by atoms with Crippen LogP contribution in [0.25, 0.3) is 0 Å². The molecule has 0 spiro atoms. The van der Waals surface area contributed by atoms with Crippen LogP contribution in [0.1, 0.15) is 77.6 Å². The van der Waals surface area contributed by atoms with Crippen molar-refractivity contribution in [2.45, 2.75) is 77.6 Å². The van der Waals surface area contributed by atoms with Gasteiger partial charge < -0.3 is 0 Å². The summed E-state index contributed by atoms with van der Waals surface area (Å²) in [7, 11) is 2.11. The highest BCUT2D eigenvalue weighted by atomic mass is 31.0. The van der Waals surface area contributed by atoms with Crippen LogP contribution in [0.3, 0.4) is 0 Å². The lowest BCUT2D eigenvalue weighted by Gasteiger charge is -2.44. The Morgan fingerprint density at radius 1 is 0.254 bits per heavy atom. The van der Waals surface area contributed by atoms with Gasteiger partial charge in [-0.25, -0.2) is 87.8 Å². The third-order valence-corrected chi connectivity index (χ3v) is 10.1. The van der Waals surface area contributed by atoms with Crippen molar-refractivity contribution in [2.24, 2.45) is 0 Å². The summed E-state index contributed by atoms with van der Waals surface area (Å²) in [6, 6.07) is 0. The summed E-state index contributed by atoms with van der Waals surface area (Å²) in [5.41, 5.74) is -14.3. The lowest BCUT2D eigenvalue weighted by Crippen LogP contribution is -2.81. The summed E-state index contributed by atoms with van der Waals surface area (Å²) < 4.78 is 294. The van der Waals surface area contributed by atoms with E-state index in [1.807, 2.05) is 0 Å². The van der Waals surface area contributed by atoms with Gasteiger partial charge in [0.1, 0.15) is 52.7 Å². The Balaban J connectivity index is 0.000000567. The van der Waals surface area contributed by atoms with E-state index in [1.54, 1.807) is 0 Å². The standard InChI is InChI=1S/C24BF20.C13H29P/c26-5-1(6(27)14(35)21(42)13(5)34)25(2-7(28)15(36)22(43)16(37)8(2)29,3-9(30)17(38)23(44)18(39)10(3)31)4-11(32)19(40)24(45)20(41)12(4)33;1-2-3-4-5-6-7-8-9-10-11-12-13-14/h;2-14H2,1H3/q-1;/p+1. The Labute approximate surface area is 325 Å².